The molecule has 1 aliphatic rings. The molecule has 114 valence electrons. The molecule has 0 saturated carbocycles. The van der Waals surface area contributed by atoms with Gasteiger partial charge in [-0.3, -0.25) is 9.79 Å². The van der Waals surface area contributed by atoms with Crippen LogP contribution in [0.5, 0.6) is 0 Å². The van der Waals surface area contributed by atoms with Gasteiger partial charge in [0.05, 0.1) is 11.4 Å². The van der Waals surface area contributed by atoms with Crippen molar-refractivity contribution in [1.82, 2.24) is 0 Å². The Morgan fingerprint density at radius 3 is 2.35 bits per heavy atom. The lowest BCUT2D eigenvalue weighted by atomic mass is 9.92. The monoisotopic (exact) mass is 301 g/mol. The van der Waals surface area contributed by atoms with E-state index in [0.717, 1.165) is 39.9 Å². The molecule has 0 aromatic heterocycles. The van der Waals surface area contributed by atoms with Crippen LogP contribution in [-0.4, -0.2) is 12.0 Å². The zero-order valence-electron chi connectivity index (χ0n) is 13.4. The molecule has 1 aliphatic carbocycles. The molecular weight excluding hydrogens is 282 g/mol. The fraction of sp³-hybridized carbons (Fsp3) is 0.143. The van der Waals surface area contributed by atoms with Crippen molar-refractivity contribution in [3.8, 4) is 0 Å². The normalized spacial score (nSPS) is 17.2. The Hall–Kier alpha value is -2.74. The molecule has 1 atom stereocenters. The molecule has 0 heterocycles. The van der Waals surface area contributed by atoms with Gasteiger partial charge in [-0.25, -0.2) is 0 Å². The highest BCUT2D eigenvalue weighted by molar-refractivity contribution is 6.09. The first-order chi connectivity index (χ1) is 11.2. The van der Waals surface area contributed by atoms with E-state index in [-0.39, 0.29) is 5.92 Å². The third-order valence-electron chi connectivity index (χ3n) is 4.12. The molecule has 23 heavy (non-hydrogen) atoms. The summed E-state index contributed by atoms with van der Waals surface area (Å²) in [5, 5.41) is 0. The molecule has 0 aliphatic heterocycles. The van der Waals surface area contributed by atoms with Gasteiger partial charge in [-0.2, -0.15) is 0 Å². The third-order valence-corrected chi connectivity index (χ3v) is 4.12. The number of para-hydroxylation sites is 1. The van der Waals surface area contributed by atoms with Gasteiger partial charge in [-0.05, 0) is 30.5 Å². The summed E-state index contributed by atoms with van der Waals surface area (Å²) in [5.74, 6) is -0.0890. The maximum atomic E-state index is 11.4. The summed E-state index contributed by atoms with van der Waals surface area (Å²) in [6.45, 7) is 4.13. The number of aliphatic imine (C=N–C) groups is 1. The average molecular weight is 301 g/mol. The lowest BCUT2D eigenvalue weighted by Gasteiger charge is -2.16. The molecule has 0 amide bonds. The molecule has 3 rings (SSSR count). The summed E-state index contributed by atoms with van der Waals surface area (Å²) in [4.78, 5) is 16.4. The summed E-state index contributed by atoms with van der Waals surface area (Å²) in [6.07, 6.45) is 6.75. The molecule has 1 unspecified atom stereocenters. The summed E-state index contributed by atoms with van der Waals surface area (Å²) < 4.78 is 0. The van der Waals surface area contributed by atoms with Crippen LogP contribution in [0, 0.1) is 19.8 Å². The van der Waals surface area contributed by atoms with E-state index in [9.17, 15) is 4.79 Å². The lowest BCUT2D eigenvalue weighted by Crippen LogP contribution is -2.15. The number of benzene rings is 2. The predicted octanol–water partition coefficient (Wildman–Crippen LogP) is 4.74. The first-order valence-electron chi connectivity index (χ1n) is 7.74. The standard InChI is InChI=1S/C21H19NO/c1-15-8-6-9-16(2)20(15)22-21(17-10-4-3-5-11-17)19-13-7-12-18(19)14-23/h3-14,19H,1-2H3. The van der Waals surface area contributed by atoms with Gasteiger partial charge in [0.15, 0.2) is 0 Å². The minimum absolute atomic E-state index is 0.0890. The van der Waals surface area contributed by atoms with E-state index in [1.165, 1.54) is 0 Å². The second kappa shape index (κ2) is 6.57. The molecule has 2 aromatic carbocycles. The zero-order chi connectivity index (χ0) is 16.2. The Kier molecular flexibility index (Phi) is 4.33. The number of aldehydes is 1. The largest absolute Gasteiger partial charge is 0.298 e. The van der Waals surface area contributed by atoms with Crippen LogP contribution < -0.4 is 0 Å². The molecule has 2 heteroatoms. The quantitative estimate of drug-likeness (QED) is 0.592. The van der Waals surface area contributed by atoms with Crippen molar-refractivity contribution >= 4 is 17.7 Å². The maximum Gasteiger partial charge on any atom is 0.147 e. The second-order valence-corrected chi connectivity index (χ2v) is 5.75. The number of hydrogen-bond acceptors (Lipinski definition) is 2. The number of carbonyl (C=O) groups excluding carboxylic acids is 1. The van der Waals surface area contributed by atoms with Crippen LogP contribution in [-0.2, 0) is 4.79 Å². The van der Waals surface area contributed by atoms with Crippen molar-refractivity contribution in [1.29, 1.82) is 0 Å². The Morgan fingerprint density at radius 2 is 1.70 bits per heavy atom. The van der Waals surface area contributed by atoms with Crippen LogP contribution in [0.3, 0.4) is 0 Å². The van der Waals surface area contributed by atoms with Gasteiger partial charge < -0.3 is 0 Å². The molecule has 2 aromatic rings. The van der Waals surface area contributed by atoms with E-state index in [2.05, 4.69) is 26.0 Å². The molecule has 0 spiro atoms. The Morgan fingerprint density at radius 1 is 1.00 bits per heavy atom. The molecule has 0 N–H and O–H groups in total. The van der Waals surface area contributed by atoms with Gasteiger partial charge in [-0.15, -0.1) is 0 Å². The highest BCUT2D eigenvalue weighted by Gasteiger charge is 2.22. The minimum atomic E-state index is -0.0890. The minimum Gasteiger partial charge on any atom is -0.298 e. The SMILES string of the molecule is Cc1cccc(C)c1N=C(c1ccccc1)C1C=CC=C1C=O. The van der Waals surface area contributed by atoms with Gasteiger partial charge >= 0.3 is 0 Å². The molecule has 0 saturated heterocycles. The summed E-state index contributed by atoms with van der Waals surface area (Å²) in [5.41, 5.74) is 5.96. The van der Waals surface area contributed by atoms with Crippen LogP contribution >= 0.6 is 0 Å². The van der Waals surface area contributed by atoms with Gasteiger partial charge in [0.25, 0.3) is 0 Å². The van der Waals surface area contributed by atoms with Crippen LogP contribution in [0.15, 0.2) is 77.3 Å². The van der Waals surface area contributed by atoms with Crippen molar-refractivity contribution in [2.75, 3.05) is 0 Å². The van der Waals surface area contributed by atoms with E-state index in [4.69, 9.17) is 4.99 Å². The van der Waals surface area contributed by atoms with E-state index in [1.807, 2.05) is 54.6 Å². The van der Waals surface area contributed by atoms with Crippen molar-refractivity contribution < 1.29 is 4.79 Å². The Bertz CT molecular complexity index is 793. The number of nitrogens with zero attached hydrogens (tertiary/aromatic N) is 1. The summed E-state index contributed by atoms with van der Waals surface area (Å²) in [6, 6.07) is 16.2. The fourth-order valence-electron chi connectivity index (χ4n) is 2.88. The van der Waals surface area contributed by atoms with Crippen molar-refractivity contribution in [2.45, 2.75) is 13.8 Å². The number of allylic oxidation sites excluding steroid dienone is 4. The van der Waals surface area contributed by atoms with Crippen molar-refractivity contribution in [2.24, 2.45) is 10.9 Å². The van der Waals surface area contributed by atoms with Crippen LogP contribution in [0.25, 0.3) is 0 Å². The van der Waals surface area contributed by atoms with Crippen molar-refractivity contribution in [3.63, 3.8) is 0 Å². The van der Waals surface area contributed by atoms with Crippen LogP contribution in [0.1, 0.15) is 16.7 Å². The zero-order valence-corrected chi connectivity index (χ0v) is 13.4. The number of carbonyl (C=O) groups is 1. The summed E-state index contributed by atoms with van der Waals surface area (Å²) in [7, 11) is 0. The molecule has 2 nitrogen and oxygen atoms in total. The van der Waals surface area contributed by atoms with Gasteiger partial charge in [0.2, 0.25) is 0 Å². The maximum absolute atomic E-state index is 11.4. The predicted molar refractivity (Wildman–Crippen MR) is 95.3 cm³/mol. The van der Waals surface area contributed by atoms with Gasteiger partial charge in [0, 0.05) is 11.5 Å². The Labute approximate surface area is 136 Å². The molecule has 0 radical (unpaired) electrons. The fourth-order valence-corrected chi connectivity index (χ4v) is 2.88. The average Bonchev–Trinajstić information content (AvgIpc) is 3.04. The van der Waals surface area contributed by atoms with E-state index >= 15 is 0 Å². The molecule has 0 fully saturated rings. The van der Waals surface area contributed by atoms with E-state index in [1.54, 1.807) is 0 Å². The first kappa shape index (κ1) is 15.2. The summed E-state index contributed by atoms with van der Waals surface area (Å²) >= 11 is 0. The Balaban J connectivity index is 2.17. The molecule has 0 bridgehead atoms. The molecular formula is C21H19NO. The van der Waals surface area contributed by atoms with Gasteiger partial charge in [0.1, 0.15) is 6.29 Å². The van der Waals surface area contributed by atoms with Crippen LogP contribution in [0.4, 0.5) is 5.69 Å². The topological polar surface area (TPSA) is 29.4 Å². The lowest BCUT2D eigenvalue weighted by molar-refractivity contribution is -0.105. The van der Waals surface area contributed by atoms with Crippen LogP contribution in [0.2, 0.25) is 0 Å². The highest BCUT2D eigenvalue weighted by Crippen LogP contribution is 2.29. The highest BCUT2D eigenvalue weighted by atomic mass is 16.1. The number of hydrogen-bond donors (Lipinski definition) is 0. The smallest absolute Gasteiger partial charge is 0.147 e. The number of rotatable bonds is 4. The van der Waals surface area contributed by atoms with Gasteiger partial charge in [-0.1, -0.05) is 66.8 Å². The van der Waals surface area contributed by atoms with Crippen molar-refractivity contribution in [3.05, 3.63) is 89.0 Å². The first-order valence-corrected chi connectivity index (χ1v) is 7.74. The number of aryl methyl sites for hydroxylation is 2. The van der Waals surface area contributed by atoms with E-state index < -0.39 is 0 Å². The second-order valence-electron chi connectivity index (χ2n) is 5.75. The van der Waals surface area contributed by atoms with E-state index in [0.29, 0.717) is 0 Å². The third kappa shape index (κ3) is 3.07.